The van der Waals surface area contributed by atoms with Crippen LogP contribution in [0.15, 0.2) is 0 Å². The second kappa shape index (κ2) is 7.51. The van der Waals surface area contributed by atoms with Crippen LogP contribution in [-0.4, -0.2) is 57.5 Å². The molecule has 3 rings (SSSR count). The maximum Gasteiger partial charge on any atom is 0.317 e. The van der Waals surface area contributed by atoms with Gasteiger partial charge in [0.2, 0.25) is 0 Å². The molecule has 6 heteroatoms. The molecule has 3 fully saturated rings. The molecule has 0 aromatic carbocycles. The number of ether oxygens (including phenoxy) is 1. The molecule has 3 atom stereocenters. The van der Waals surface area contributed by atoms with E-state index in [1.54, 1.807) is 0 Å². The Balaban J connectivity index is 1.53. The van der Waals surface area contributed by atoms with Crippen LogP contribution < -0.4 is 5.32 Å². The molecule has 0 aromatic rings. The van der Waals surface area contributed by atoms with Crippen molar-refractivity contribution < 1.29 is 13.7 Å². The number of rotatable bonds is 1. The van der Waals surface area contributed by atoms with Crippen LogP contribution in [0, 0.1) is 0 Å². The molecule has 2 heterocycles. The quantitative estimate of drug-likeness (QED) is 0.796. The van der Waals surface area contributed by atoms with Crippen LogP contribution in [0.2, 0.25) is 0 Å². The fraction of sp³-hybridized carbons (Fsp3) is 0.941. The summed E-state index contributed by atoms with van der Waals surface area (Å²) < 4.78 is 18.0. The third-order valence-electron chi connectivity index (χ3n) is 5.69. The van der Waals surface area contributed by atoms with Gasteiger partial charge >= 0.3 is 6.03 Å². The minimum absolute atomic E-state index is 0.0171. The average molecular weight is 343 g/mol. The maximum absolute atomic E-state index is 12.6. The highest BCUT2D eigenvalue weighted by Crippen LogP contribution is 2.38. The van der Waals surface area contributed by atoms with Gasteiger partial charge in [0.1, 0.15) is 0 Å². The molecule has 0 radical (unpaired) electrons. The van der Waals surface area contributed by atoms with Crippen molar-refractivity contribution in [3.8, 4) is 0 Å². The highest BCUT2D eigenvalue weighted by atomic mass is 32.2. The molecule has 0 unspecified atom stereocenters. The van der Waals surface area contributed by atoms with Crippen LogP contribution in [0.3, 0.4) is 0 Å². The van der Waals surface area contributed by atoms with Gasteiger partial charge in [-0.05, 0) is 32.1 Å². The lowest BCUT2D eigenvalue weighted by Gasteiger charge is -2.44. The Hall–Kier alpha value is -0.620. The van der Waals surface area contributed by atoms with Crippen LogP contribution in [0.5, 0.6) is 0 Å². The summed E-state index contributed by atoms with van der Waals surface area (Å²) in [7, 11) is -0.797. The molecule has 132 valence electrons. The average Bonchev–Trinajstić information content (AvgIpc) is 2.71. The highest BCUT2D eigenvalue weighted by molar-refractivity contribution is 7.85. The predicted molar refractivity (Wildman–Crippen MR) is 92.0 cm³/mol. The van der Waals surface area contributed by atoms with E-state index < -0.39 is 10.8 Å². The number of nitrogens with zero attached hydrogens (tertiary/aromatic N) is 1. The molecule has 0 bridgehead atoms. The Kier molecular flexibility index (Phi) is 5.62. The largest absolute Gasteiger partial charge is 0.375 e. The minimum Gasteiger partial charge on any atom is -0.375 e. The summed E-state index contributed by atoms with van der Waals surface area (Å²) in [5.74, 6) is 0.603. The lowest BCUT2D eigenvalue weighted by atomic mass is 9.78. The molecular formula is C17H30N2O3S. The van der Waals surface area contributed by atoms with Gasteiger partial charge in [-0.15, -0.1) is 0 Å². The lowest BCUT2D eigenvalue weighted by molar-refractivity contribution is -0.108. The van der Waals surface area contributed by atoms with Crippen LogP contribution >= 0.6 is 0 Å². The Morgan fingerprint density at radius 3 is 2.78 bits per heavy atom. The lowest BCUT2D eigenvalue weighted by Crippen LogP contribution is -2.52. The summed E-state index contributed by atoms with van der Waals surface area (Å²) in [6, 6.07) is 0.245. The Labute approximate surface area is 142 Å². The van der Waals surface area contributed by atoms with Crippen molar-refractivity contribution in [2.45, 2.75) is 75.2 Å². The Morgan fingerprint density at radius 1 is 1.22 bits per heavy atom. The third kappa shape index (κ3) is 4.27. The monoisotopic (exact) mass is 342 g/mol. The number of urea groups is 1. The van der Waals surface area contributed by atoms with Gasteiger partial charge in [0.05, 0.1) is 5.60 Å². The second-order valence-electron chi connectivity index (χ2n) is 7.40. The van der Waals surface area contributed by atoms with E-state index in [4.69, 9.17) is 4.74 Å². The van der Waals surface area contributed by atoms with Crippen molar-refractivity contribution in [1.82, 2.24) is 10.2 Å². The van der Waals surface area contributed by atoms with E-state index >= 15 is 0 Å². The van der Waals surface area contributed by atoms with E-state index in [0.29, 0.717) is 18.8 Å². The van der Waals surface area contributed by atoms with E-state index in [0.717, 1.165) is 38.7 Å². The van der Waals surface area contributed by atoms with Gasteiger partial charge in [0.15, 0.2) is 0 Å². The minimum atomic E-state index is -0.797. The molecule has 2 amide bonds. The first-order valence-corrected chi connectivity index (χ1v) is 10.5. The number of hydrogen-bond donors (Lipinski definition) is 1. The summed E-state index contributed by atoms with van der Waals surface area (Å²) in [4.78, 5) is 14.4. The summed E-state index contributed by atoms with van der Waals surface area (Å²) in [6.45, 7) is 4.10. The SMILES string of the molecule is C[C@@H]1CCN(C(=O)N[C@@H]2CCOC3(CCCCC3)C2)CC[S@@]1=O. The van der Waals surface area contributed by atoms with Gasteiger partial charge < -0.3 is 15.0 Å². The fourth-order valence-electron chi connectivity index (χ4n) is 4.15. The standard InChI is InChI=1S/C17H30N2O3S/c1-14-5-9-19(10-12-23(14)21)16(20)18-15-6-11-22-17(13-15)7-3-2-4-8-17/h14-15H,2-13H2,1H3,(H,18,20)/t14-,15-,23+/m1/s1. The Bertz CT molecular complexity index is 446. The number of carbonyl (C=O) groups excluding carboxylic acids is 1. The number of nitrogens with one attached hydrogen (secondary N) is 1. The van der Waals surface area contributed by atoms with Gasteiger partial charge in [-0.25, -0.2) is 4.79 Å². The fourth-order valence-corrected chi connectivity index (χ4v) is 5.32. The molecule has 2 aliphatic heterocycles. The van der Waals surface area contributed by atoms with Crippen molar-refractivity contribution in [3.05, 3.63) is 0 Å². The zero-order valence-electron chi connectivity index (χ0n) is 14.2. The molecule has 1 N–H and O–H groups in total. The van der Waals surface area contributed by atoms with Crippen LogP contribution in [0.4, 0.5) is 4.79 Å². The molecule has 1 saturated carbocycles. The molecule has 0 aromatic heterocycles. The molecule has 5 nitrogen and oxygen atoms in total. The normalized spacial score (nSPS) is 34.8. The molecule has 2 saturated heterocycles. The van der Waals surface area contributed by atoms with Crippen molar-refractivity contribution >= 4 is 16.8 Å². The van der Waals surface area contributed by atoms with E-state index in [1.165, 1.54) is 19.3 Å². The molecule has 3 aliphatic rings. The van der Waals surface area contributed by atoms with Gasteiger partial charge in [0.25, 0.3) is 0 Å². The van der Waals surface area contributed by atoms with E-state index in [2.05, 4.69) is 5.32 Å². The first-order valence-electron chi connectivity index (χ1n) is 9.15. The first-order chi connectivity index (χ1) is 11.1. The zero-order valence-corrected chi connectivity index (χ0v) is 15.0. The Morgan fingerprint density at radius 2 is 2.00 bits per heavy atom. The third-order valence-corrected chi connectivity index (χ3v) is 7.41. The molecule has 23 heavy (non-hydrogen) atoms. The van der Waals surface area contributed by atoms with E-state index in [-0.39, 0.29) is 22.9 Å². The summed E-state index contributed by atoms with van der Waals surface area (Å²) in [5.41, 5.74) is 0.0171. The van der Waals surface area contributed by atoms with Crippen LogP contribution in [0.1, 0.15) is 58.3 Å². The van der Waals surface area contributed by atoms with Gasteiger partial charge in [-0.3, -0.25) is 4.21 Å². The second-order valence-corrected chi connectivity index (χ2v) is 9.38. The predicted octanol–water partition coefficient (Wildman–Crippen LogP) is 2.42. The topological polar surface area (TPSA) is 58.6 Å². The zero-order chi connectivity index (χ0) is 16.3. The summed E-state index contributed by atoms with van der Waals surface area (Å²) >= 11 is 0. The smallest absolute Gasteiger partial charge is 0.317 e. The van der Waals surface area contributed by atoms with Crippen molar-refractivity contribution in [1.29, 1.82) is 0 Å². The first kappa shape index (κ1) is 17.2. The van der Waals surface area contributed by atoms with E-state index in [1.807, 2.05) is 11.8 Å². The van der Waals surface area contributed by atoms with Gasteiger partial charge in [-0.1, -0.05) is 26.2 Å². The van der Waals surface area contributed by atoms with Gasteiger partial charge in [-0.2, -0.15) is 0 Å². The molecule has 1 spiro atoms. The summed E-state index contributed by atoms with van der Waals surface area (Å²) in [5, 5.41) is 3.42. The summed E-state index contributed by atoms with van der Waals surface area (Å²) in [6.07, 6.45) is 8.77. The number of amides is 2. The van der Waals surface area contributed by atoms with Crippen LogP contribution in [0.25, 0.3) is 0 Å². The molecule has 1 aliphatic carbocycles. The number of hydrogen-bond acceptors (Lipinski definition) is 3. The number of carbonyl (C=O) groups is 1. The van der Waals surface area contributed by atoms with Crippen molar-refractivity contribution in [2.24, 2.45) is 0 Å². The van der Waals surface area contributed by atoms with Crippen molar-refractivity contribution in [2.75, 3.05) is 25.4 Å². The van der Waals surface area contributed by atoms with Gasteiger partial charge in [0, 0.05) is 47.5 Å². The highest BCUT2D eigenvalue weighted by Gasteiger charge is 2.39. The maximum atomic E-state index is 12.6. The van der Waals surface area contributed by atoms with E-state index in [9.17, 15) is 9.00 Å². The molecular weight excluding hydrogens is 312 g/mol. The van der Waals surface area contributed by atoms with Crippen LogP contribution in [-0.2, 0) is 15.5 Å². The van der Waals surface area contributed by atoms with Crippen molar-refractivity contribution in [3.63, 3.8) is 0 Å².